The molecule has 1 aliphatic heterocycles. The molecule has 0 N–H and O–H groups in total. The maximum absolute atomic E-state index is 11.6. The van der Waals surface area contributed by atoms with Gasteiger partial charge >= 0.3 is 0 Å². The average Bonchev–Trinajstić information content (AvgIpc) is 3.06. The Morgan fingerprint density at radius 3 is 2.81 bits per heavy atom. The molecule has 0 spiro atoms. The summed E-state index contributed by atoms with van der Waals surface area (Å²) in [6, 6.07) is 4.03. The molecule has 0 aliphatic carbocycles. The molecule has 0 aromatic carbocycles. The zero-order valence-corrected chi connectivity index (χ0v) is 12.9. The normalized spacial score (nSPS) is 20.7. The first-order valence-electron chi connectivity index (χ1n) is 7.24. The molecule has 0 radical (unpaired) electrons. The molecule has 1 atom stereocenters. The summed E-state index contributed by atoms with van der Waals surface area (Å²) in [4.78, 5) is 8.83. The van der Waals surface area contributed by atoms with E-state index in [1.165, 1.54) is 5.56 Å². The summed E-state index contributed by atoms with van der Waals surface area (Å²) in [5, 5.41) is 0. The zero-order chi connectivity index (χ0) is 14.9. The Bertz CT molecular complexity index is 720. The van der Waals surface area contributed by atoms with Crippen molar-refractivity contribution >= 4 is 9.84 Å². The van der Waals surface area contributed by atoms with E-state index in [1.54, 1.807) is 6.20 Å². The van der Waals surface area contributed by atoms with E-state index in [0.29, 0.717) is 12.3 Å². The van der Waals surface area contributed by atoms with Crippen LogP contribution in [0, 0.1) is 5.92 Å². The van der Waals surface area contributed by atoms with E-state index in [1.807, 2.05) is 23.0 Å². The van der Waals surface area contributed by atoms with Crippen molar-refractivity contribution in [3.05, 3.63) is 36.3 Å². The summed E-state index contributed by atoms with van der Waals surface area (Å²) in [7, 11) is -2.83. The molecule has 5 nitrogen and oxygen atoms in total. The molecule has 0 amide bonds. The molecule has 0 unspecified atom stereocenters. The van der Waals surface area contributed by atoms with Crippen LogP contribution < -0.4 is 0 Å². The number of aryl methyl sites for hydroxylation is 1. The van der Waals surface area contributed by atoms with Gasteiger partial charge in [-0.25, -0.2) is 13.4 Å². The van der Waals surface area contributed by atoms with Gasteiger partial charge in [-0.3, -0.25) is 4.98 Å². The van der Waals surface area contributed by atoms with Gasteiger partial charge in [-0.1, -0.05) is 13.0 Å². The Hall–Kier alpha value is -1.69. The standard InChI is InChI=1S/C15H19N3O2S/c1-2-12-3-4-14(17-9-12)15-16-6-7-18(15)10-13-5-8-21(19,20)11-13/h3-4,6-7,9,13H,2,5,8,10-11H2,1H3/t13-/m0/s1. The monoisotopic (exact) mass is 305 g/mol. The molecule has 3 heterocycles. The highest BCUT2D eigenvalue weighted by Gasteiger charge is 2.28. The molecule has 0 bridgehead atoms. The summed E-state index contributed by atoms with van der Waals surface area (Å²) in [5.74, 6) is 1.58. The number of nitrogens with zero attached hydrogens (tertiary/aromatic N) is 3. The lowest BCUT2D eigenvalue weighted by Gasteiger charge is -2.11. The van der Waals surface area contributed by atoms with Gasteiger partial charge in [0.25, 0.3) is 0 Å². The highest BCUT2D eigenvalue weighted by molar-refractivity contribution is 7.91. The summed E-state index contributed by atoms with van der Waals surface area (Å²) >= 11 is 0. The van der Waals surface area contributed by atoms with Crippen LogP contribution in [-0.2, 0) is 22.8 Å². The first kappa shape index (κ1) is 14.3. The highest BCUT2D eigenvalue weighted by atomic mass is 32.2. The number of hydrogen-bond donors (Lipinski definition) is 0. The van der Waals surface area contributed by atoms with Crippen LogP contribution in [0.15, 0.2) is 30.7 Å². The summed E-state index contributed by atoms with van der Waals surface area (Å²) in [6.07, 6.45) is 7.21. The van der Waals surface area contributed by atoms with Crippen LogP contribution in [0.3, 0.4) is 0 Å². The van der Waals surface area contributed by atoms with Gasteiger partial charge in [0.2, 0.25) is 0 Å². The van der Waals surface area contributed by atoms with Gasteiger partial charge in [0, 0.05) is 25.1 Å². The van der Waals surface area contributed by atoms with E-state index in [9.17, 15) is 8.42 Å². The van der Waals surface area contributed by atoms with Gasteiger partial charge in [-0.05, 0) is 30.4 Å². The molecular formula is C15H19N3O2S. The van der Waals surface area contributed by atoms with Crippen molar-refractivity contribution in [2.24, 2.45) is 5.92 Å². The molecular weight excluding hydrogens is 286 g/mol. The molecule has 3 rings (SSSR count). The topological polar surface area (TPSA) is 64.8 Å². The molecule has 2 aromatic heterocycles. The molecule has 112 valence electrons. The molecule has 21 heavy (non-hydrogen) atoms. The highest BCUT2D eigenvalue weighted by Crippen LogP contribution is 2.23. The van der Waals surface area contributed by atoms with Gasteiger partial charge in [-0.2, -0.15) is 0 Å². The maximum Gasteiger partial charge on any atom is 0.158 e. The average molecular weight is 305 g/mol. The van der Waals surface area contributed by atoms with Crippen LogP contribution in [-0.4, -0.2) is 34.5 Å². The predicted molar refractivity (Wildman–Crippen MR) is 81.6 cm³/mol. The SMILES string of the molecule is CCc1ccc(-c2nccn2C[C@@H]2CCS(=O)(=O)C2)nc1. The van der Waals surface area contributed by atoms with Crippen molar-refractivity contribution in [1.29, 1.82) is 0 Å². The number of hydrogen-bond acceptors (Lipinski definition) is 4. The van der Waals surface area contributed by atoms with Crippen LogP contribution in [0.2, 0.25) is 0 Å². The molecule has 1 saturated heterocycles. The van der Waals surface area contributed by atoms with Crippen molar-refractivity contribution in [3.63, 3.8) is 0 Å². The second-order valence-electron chi connectivity index (χ2n) is 5.58. The molecule has 0 saturated carbocycles. The van der Waals surface area contributed by atoms with Crippen LogP contribution in [0.4, 0.5) is 0 Å². The number of imidazole rings is 1. The van der Waals surface area contributed by atoms with Crippen LogP contribution in [0.5, 0.6) is 0 Å². The number of pyridine rings is 1. The molecule has 6 heteroatoms. The maximum atomic E-state index is 11.6. The number of rotatable bonds is 4. The van der Waals surface area contributed by atoms with Crippen molar-refractivity contribution in [1.82, 2.24) is 14.5 Å². The van der Waals surface area contributed by atoms with E-state index in [0.717, 1.165) is 24.4 Å². The van der Waals surface area contributed by atoms with E-state index >= 15 is 0 Å². The van der Waals surface area contributed by atoms with E-state index in [2.05, 4.69) is 23.0 Å². The van der Waals surface area contributed by atoms with E-state index in [-0.39, 0.29) is 11.7 Å². The summed E-state index contributed by atoms with van der Waals surface area (Å²) in [5.41, 5.74) is 2.02. The lowest BCUT2D eigenvalue weighted by Crippen LogP contribution is -2.13. The van der Waals surface area contributed by atoms with Crippen molar-refractivity contribution in [3.8, 4) is 11.5 Å². The fraction of sp³-hybridized carbons (Fsp3) is 0.467. The fourth-order valence-electron chi connectivity index (χ4n) is 2.75. The quantitative estimate of drug-likeness (QED) is 0.866. The number of aromatic nitrogens is 3. The zero-order valence-electron chi connectivity index (χ0n) is 12.1. The smallest absolute Gasteiger partial charge is 0.158 e. The second kappa shape index (κ2) is 5.60. The lowest BCUT2D eigenvalue weighted by molar-refractivity contribution is 0.493. The Labute approximate surface area is 125 Å². The first-order valence-corrected chi connectivity index (χ1v) is 9.06. The van der Waals surface area contributed by atoms with E-state index < -0.39 is 9.84 Å². The Morgan fingerprint density at radius 1 is 1.33 bits per heavy atom. The van der Waals surface area contributed by atoms with Crippen molar-refractivity contribution in [2.45, 2.75) is 26.3 Å². The van der Waals surface area contributed by atoms with Crippen LogP contribution in [0.1, 0.15) is 18.9 Å². The van der Waals surface area contributed by atoms with Gasteiger partial charge < -0.3 is 4.57 Å². The molecule has 2 aromatic rings. The second-order valence-corrected chi connectivity index (χ2v) is 7.81. The Balaban J connectivity index is 1.80. The van der Waals surface area contributed by atoms with Crippen molar-refractivity contribution < 1.29 is 8.42 Å². The van der Waals surface area contributed by atoms with Crippen LogP contribution in [0.25, 0.3) is 11.5 Å². The van der Waals surface area contributed by atoms with Gasteiger partial charge in [0.05, 0.1) is 11.5 Å². The molecule has 1 aliphatic rings. The summed E-state index contributed by atoms with van der Waals surface area (Å²) < 4.78 is 25.1. The van der Waals surface area contributed by atoms with Crippen molar-refractivity contribution in [2.75, 3.05) is 11.5 Å². The Kier molecular flexibility index (Phi) is 3.80. The third kappa shape index (κ3) is 3.15. The number of sulfone groups is 1. The Morgan fingerprint density at radius 2 is 2.19 bits per heavy atom. The third-order valence-corrected chi connectivity index (χ3v) is 5.80. The predicted octanol–water partition coefficient (Wildman–Crippen LogP) is 1.94. The van der Waals surface area contributed by atoms with E-state index in [4.69, 9.17) is 0 Å². The van der Waals surface area contributed by atoms with Crippen LogP contribution >= 0.6 is 0 Å². The minimum Gasteiger partial charge on any atom is -0.329 e. The summed E-state index contributed by atoms with van der Waals surface area (Å²) in [6.45, 7) is 2.78. The first-order chi connectivity index (χ1) is 10.1. The van der Waals surface area contributed by atoms with Gasteiger partial charge in [0.15, 0.2) is 15.7 Å². The van der Waals surface area contributed by atoms with Gasteiger partial charge in [0.1, 0.15) is 5.69 Å². The minimum absolute atomic E-state index is 0.179. The molecule has 1 fully saturated rings. The lowest BCUT2D eigenvalue weighted by atomic mass is 10.1. The largest absolute Gasteiger partial charge is 0.329 e. The third-order valence-electron chi connectivity index (χ3n) is 3.96. The minimum atomic E-state index is -2.83. The fourth-order valence-corrected chi connectivity index (χ4v) is 4.60. The van der Waals surface area contributed by atoms with Gasteiger partial charge in [-0.15, -0.1) is 0 Å².